The normalized spacial score (nSPS) is 16.9. The van der Waals surface area contributed by atoms with E-state index in [0.29, 0.717) is 12.6 Å². The Morgan fingerprint density at radius 1 is 1.65 bits per heavy atom. The number of aliphatic hydroxyl groups is 1. The van der Waals surface area contributed by atoms with Crippen LogP contribution in [-0.4, -0.2) is 33.1 Å². The quantitative estimate of drug-likeness (QED) is 0.843. The van der Waals surface area contributed by atoms with Gasteiger partial charge in [0.1, 0.15) is 6.54 Å². The fourth-order valence-corrected chi connectivity index (χ4v) is 2.08. The van der Waals surface area contributed by atoms with Gasteiger partial charge in [0.2, 0.25) is 5.91 Å². The Hall–Kier alpha value is -1.29. The number of carbonyl (C=O) groups excluding carboxylic acids is 1. The van der Waals surface area contributed by atoms with Crippen LogP contribution in [0.3, 0.4) is 0 Å². The van der Waals surface area contributed by atoms with E-state index in [1.807, 2.05) is 34.9 Å². The van der Waals surface area contributed by atoms with Crippen molar-refractivity contribution < 1.29 is 9.90 Å². The van der Waals surface area contributed by atoms with E-state index in [0.717, 1.165) is 24.9 Å². The van der Waals surface area contributed by atoms with Crippen LogP contribution in [0.15, 0.2) is 18.5 Å². The van der Waals surface area contributed by atoms with E-state index in [9.17, 15) is 9.90 Å². The largest absolute Gasteiger partial charge is 0.389 e. The maximum absolute atomic E-state index is 12.0. The highest BCUT2D eigenvalue weighted by Crippen LogP contribution is 2.26. The molecular weight excluding hydrogens is 216 g/mol. The van der Waals surface area contributed by atoms with E-state index in [4.69, 9.17) is 0 Å². The third kappa shape index (κ3) is 2.88. The maximum atomic E-state index is 12.0. The van der Waals surface area contributed by atoms with E-state index in [2.05, 4.69) is 0 Å². The van der Waals surface area contributed by atoms with Crippen molar-refractivity contribution in [2.45, 2.75) is 45.4 Å². The van der Waals surface area contributed by atoms with E-state index in [-0.39, 0.29) is 5.91 Å². The molecule has 1 fully saturated rings. The average molecular weight is 236 g/mol. The lowest BCUT2D eigenvalue weighted by atomic mass is 10.2. The van der Waals surface area contributed by atoms with E-state index >= 15 is 0 Å². The molecule has 1 unspecified atom stereocenters. The van der Waals surface area contributed by atoms with E-state index < -0.39 is 6.10 Å². The first-order chi connectivity index (χ1) is 8.11. The maximum Gasteiger partial charge on any atom is 0.242 e. The lowest BCUT2D eigenvalue weighted by Gasteiger charge is -2.20. The van der Waals surface area contributed by atoms with Gasteiger partial charge < -0.3 is 14.6 Å². The first-order valence-corrected chi connectivity index (χ1v) is 6.25. The molecule has 0 saturated heterocycles. The predicted molar refractivity (Wildman–Crippen MR) is 65.5 cm³/mol. The first kappa shape index (κ1) is 12.2. The molecule has 1 amide bonds. The molecule has 0 aliphatic heterocycles. The zero-order valence-electron chi connectivity index (χ0n) is 10.5. The highest BCUT2D eigenvalue weighted by atomic mass is 16.3. The molecule has 2 rings (SSSR count). The second kappa shape index (κ2) is 4.92. The highest BCUT2D eigenvalue weighted by Gasteiger charge is 2.31. The van der Waals surface area contributed by atoms with Gasteiger partial charge in [-0.25, -0.2) is 0 Å². The number of likely N-dealkylation sites (N-methyl/N-ethyl adjacent to an activating group) is 1. The summed E-state index contributed by atoms with van der Waals surface area (Å²) in [6.45, 7) is 4.90. The number of hydrogen-bond donors (Lipinski definition) is 1. The number of rotatable bonds is 5. The van der Waals surface area contributed by atoms with Crippen LogP contribution >= 0.6 is 0 Å². The monoisotopic (exact) mass is 236 g/mol. The second-order valence-electron chi connectivity index (χ2n) is 4.70. The zero-order valence-corrected chi connectivity index (χ0v) is 10.5. The Morgan fingerprint density at radius 2 is 2.35 bits per heavy atom. The van der Waals surface area contributed by atoms with Crippen molar-refractivity contribution in [1.29, 1.82) is 0 Å². The van der Waals surface area contributed by atoms with Crippen LogP contribution in [0, 0.1) is 0 Å². The summed E-state index contributed by atoms with van der Waals surface area (Å²) in [4.78, 5) is 14.0. The van der Waals surface area contributed by atoms with E-state index in [1.54, 1.807) is 6.92 Å². The molecular formula is C13H20N2O2. The van der Waals surface area contributed by atoms with Crippen molar-refractivity contribution in [1.82, 2.24) is 9.47 Å². The van der Waals surface area contributed by atoms with Gasteiger partial charge in [-0.15, -0.1) is 0 Å². The lowest BCUT2D eigenvalue weighted by molar-refractivity contribution is -0.132. The number of nitrogens with zero attached hydrogens (tertiary/aromatic N) is 2. The summed E-state index contributed by atoms with van der Waals surface area (Å²) in [5.41, 5.74) is 0.854. The molecule has 0 bridgehead atoms. The van der Waals surface area contributed by atoms with Crippen molar-refractivity contribution in [3.8, 4) is 0 Å². The Morgan fingerprint density at radius 3 is 2.82 bits per heavy atom. The van der Waals surface area contributed by atoms with Crippen LogP contribution in [0.25, 0.3) is 0 Å². The predicted octanol–water partition coefficient (Wildman–Crippen LogP) is 1.55. The summed E-state index contributed by atoms with van der Waals surface area (Å²) >= 11 is 0. The highest BCUT2D eigenvalue weighted by molar-refractivity contribution is 5.76. The summed E-state index contributed by atoms with van der Waals surface area (Å²) in [6, 6.07) is 2.32. The van der Waals surface area contributed by atoms with Crippen LogP contribution in [0.5, 0.6) is 0 Å². The second-order valence-corrected chi connectivity index (χ2v) is 4.70. The topological polar surface area (TPSA) is 45.5 Å². The van der Waals surface area contributed by atoms with Gasteiger partial charge in [-0.2, -0.15) is 0 Å². The SMILES string of the molecule is CCN(C(=O)Cn1ccc(C(C)O)c1)C1CC1. The molecule has 0 aromatic carbocycles. The zero-order chi connectivity index (χ0) is 12.4. The average Bonchev–Trinajstić information content (AvgIpc) is 2.98. The third-order valence-electron chi connectivity index (χ3n) is 3.22. The summed E-state index contributed by atoms with van der Waals surface area (Å²) in [6.07, 6.45) is 5.50. The van der Waals surface area contributed by atoms with E-state index in [1.165, 1.54) is 0 Å². The fraction of sp³-hybridized carbons (Fsp3) is 0.615. The van der Waals surface area contributed by atoms with Crippen molar-refractivity contribution in [2.24, 2.45) is 0 Å². The van der Waals surface area contributed by atoms with Crippen LogP contribution in [0.2, 0.25) is 0 Å². The number of aromatic nitrogens is 1. The molecule has 1 saturated carbocycles. The van der Waals surface area contributed by atoms with Crippen molar-refractivity contribution in [2.75, 3.05) is 6.54 Å². The molecule has 1 aromatic heterocycles. The van der Waals surface area contributed by atoms with Gasteiger partial charge in [-0.3, -0.25) is 4.79 Å². The minimum Gasteiger partial charge on any atom is -0.389 e. The number of aliphatic hydroxyl groups excluding tert-OH is 1. The number of amides is 1. The van der Waals surface area contributed by atoms with Crippen molar-refractivity contribution in [3.05, 3.63) is 24.0 Å². The smallest absolute Gasteiger partial charge is 0.242 e. The molecule has 0 radical (unpaired) electrons. The van der Waals surface area contributed by atoms with Crippen LogP contribution in [0.1, 0.15) is 38.4 Å². The van der Waals surface area contributed by atoms with Crippen LogP contribution < -0.4 is 0 Å². The fourth-order valence-electron chi connectivity index (χ4n) is 2.08. The summed E-state index contributed by atoms with van der Waals surface area (Å²) in [5.74, 6) is 0.169. The standard InChI is InChI=1S/C13H20N2O2/c1-3-15(12-4-5-12)13(17)9-14-7-6-11(8-14)10(2)16/h6-8,10,12,16H,3-5,9H2,1-2H3. The summed E-state index contributed by atoms with van der Waals surface area (Å²) in [5, 5.41) is 9.42. The molecule has 0 spiro atoms. The van der Waals surface area contributed by atoms with Gasteiger partial charge in [-0.05, 0) is 38.3 Å². The van der Waals surface area contributed by atoms with Gasteiger partial charge in [0.15, 0.2) is 0 Å². The van der Waals surface area contributed by atoms with Crippen molar-refractivity contribution >= 4 is 5.91 Å². The van der Waals surface area contributed by atoms with Crippen LogP contribution in [0.4, 0.5) is 0 Å². The van der Waals surface area contributed by atoms with Gasteiger partial charge in [0.25, 0.3) is 0 Å². The minimum atomic E-state index is -0.475. The molecule has 1 aliphatic carbocycles. The van der Waals surface area contributed by atoms with Crippen molar-refractivity contribution in [3.63, 3.8) is 0 Å². The van der Waals surface area contributed by atoms with Gasteiger partial charge in [-0.1, -0.05) is 0 Å². The molecule has 1 atom stereocenters. The van der Waals surface area contributed by atoms with Gasteiger partial charge in [0, 0.05) is 25.0 Å². The molecule has 1 aliphatic rings. The van der Waals surface area contributed by atoms with Gasteiger partial charge >= 0.3 is 0 Å². The third-order valence-corrected chi connectivity index (χ3v) is 3.22. The molecule has 17 heavy (non-hydrogen) atoms. The Bertz CT molecular complexity index is 394. The number of hydrogen-bond acceptors (Lipinski definition) is 2. The molecule has 1 aromatic rings. The number of carbonyl (C=O) groups is 1. The Labute approximate surface area is 102 Å². The molecule has 94 valence electrons. The Balaban J connectivity index is 1.96. The summed E-state index contributed by atoms with van der Waals surface area (Å²) < 4.78 is 1.84. The molecule has 1 N–H and O–H groups in total. The molecule has 4 nitrogen and oxygen atoms in total. The molecule has 1 heterocycles. The summed E-state index contributed by atoms with van der Waals surface area (Å²) in [7, 11) is 0. The minimum absolute atomic E-state index is 0.169. The van der Waals surface area contributed by atoms with Crippen LogP contribution in [-0.2, 0) is 11.3 Å². The first-order valence-electron chi connectivity index (χ1n) is 6.25. The Kier molecular flexibility index (Phi) is 3.52. The lowest BCUT2D eigenvalue weighted by Crippen LogP contribution is -2.35. The molecule has 4 heteroatoms. The van der Waals surface area contributed by atoms with Gasteiger partial charge in [0.05, 0.1) is 6.10 Å².